The lowest BCUT2D eigenvalue weighted by atomic mass is 10.3. The molecule has 0 aromatic heterocycles. The van der Waals surface area contributed by atoms with Crippen molar-refractivity contribution >= 4 is 23.5 Å². The van der Waals surface area contributed by atoms with Gasteiger partial charge in [0.25, 0.3) is 5.91 Å². The Balaban J connectivity index is 2.43. The average molecular weight is 272 g/mol. The van der Waals surface area contributed by atoms with Crippen LogP contribution < -0.4 is 10.1 Å². The molecular formula is C12H14ClNO4. The van der Waals surface area contributed by atoms with Gasteiger partial charge >= 0.3 is 5.97 Å². The quantitative estimate of drug-likeness (QED) is 0.822. The molecule has 1 aromatic carbocycles. The predicted molar refractivity (Wildman–Crippen MR) is 66.6 cm³/mol. The zero-order chi connectivity index (χ0) is 13.5. The normalized spacial score (nSPS) is 11.5. The number of amides is 1. The van der Waals surface area contributed by atoms with E-state index in [4.69, 9.17) is 16.3 Å². The number of esters is 1. The van der Waals surface area contributed by atoms with Crippen LogP contribution in [0.1, 0.15) is 6.92 Å². The summed E-state index contributed by atoms with van der Waals surface area (Å²) in [6.07, 6.45) is 0. The molecule has 0 spiro atoms. The lowest BCUT2D eigenvalue weighted by Crippen LogP contribution is -2.41. The molecule has 0 bridgehead atoms. The summed E-state index contributed by atoms with van der Waals surface area (Å²) in [4.78, 5) is 22.5. The van der Waals surface area contributed by atoms with Crippen molar-refractivity contribution in [3.05, 3.63) is 29.3 Å². The van der Waals surface area contributed by atoms with Gasteiger partial charge in [-0.05, 0) is 19.1 Å². The molecule has 6 heteroatoms. The van der Waals surface area contributed by atoms with E-state index in [1.54, 1.807) is 24.3 Å². The van der Waals surface area contributed by atoms with Gasteiger partial charge in [0.1, 0.15) is 11.8 Å². The Labute approximate surface area is 110 Å². The maximum atomic E-state index is 11.5. The first kappa shape index (κ1) is 14.3. The van der Waals surface area contributed by atoms with Crippen LogP contribution in [0, 0.1) is 0 Å². The van der Waals surface area contributed by atoms with E-state index in [1.165, 1.54) is 14.0 Å². The second kappa shape index (κ2) is 6.86. The van der Waals surface area contributed by atoms with Crippen LogP contribution in [0.2, 0.25) is 5.02 Å². The van der Waals surface area contributed by atoms with Crippen LogP contribution in [0.3, 0.4) is 0 Å². The van der Waals surface area contributed by atoms with E-state index in [0.717, 1.165) is 0 Å². The van der Waals surface area contributed by atoms with Crippen LogP contribution in [0.25, 0.3) is 0 Å². The Morgan fingerprint density at radius 1 is 1.39 bits per heavy atom. The second-order valence-electron chi connectivity index (χ2n) is 3.53. The fourth-order valence-corrected chi connectivity index (χ4v) is 1.41. The third kappa shape index (κ3) is 4.25. The van der Waals surface area contributed by atoms with Crippen molar-refractivity contribution in [1.29, 1.82) is 0 Å². The highest BCUT2D eigenvalue weighted by atomic mass is 35.5. The second-order valence-corrected chi connectivity index (χ2v) is 3.94. The van der Waals surface area contributed by atoms with Gasteiger partial charge < -0.3 is 14.8 Å². The number of methoxy groups -OCH3 is 1. The molecule has 0 aliphatic carbocycles. The lowest BCUT2D eigenvalue weighted by molar-refractivity contribution is -0.144. The summed E-state index contributed by atoms with van der Waals surface area (Å²) in [7, 11) is 1.26. The number of benzene rings is 1. The largest absolute Gasteiger partial charge is 0.482 e. The van der Waals surface area contributed by atoms with Crippen LogP contribution >= 0.6 is 11.6 Å². The number of carbonyl (C=O) groups is 2. The Morgan fingerprint density at radius 2 is 2.06 bits per heavy atom. The molecule has 1 amide bonds. The number of para-hydroxylation sites is 1. The molecule has 0 heterocycles. The summed E-state index contributed by atoms with van der Waals surface area (Å²) in [5.74, 6) is -0.519. The summed E-state index contributed by atoms with van der Waals surface area (Å²) in [5.41, 5.74) is 0. The highest BCUT2D eigenvalue weighted by Crippen LogP contribution is 2.22. The molecule has 1 aromatic rings. The maximum absolute atomic E-state index is 11.5. The van der Waals surface area contributed by atoms with Gasteiger partial charge in [-0.1, -0.05) is 23.7 Å². The number of halogens is 1. The Kier molecular flexibility index (Phi) is 5.45. The molecule has 5 nitrogen and oxygen atoms in total. The molecule has 0 saturated heterocycles. The monoisotopic (exact) mass is 271 g/mol. The van der Waals surface area contributed by atoms with Gasteiger partial charge in [-0.25, -0.2) is 4.79 Å². The van der Waals surface area contributed by atoms with Crippen molar-refractivity contribution < 1.29 is 19.1 Å². The number of hydrogen-bond acceptors (Lipinski definition) is 4. The van der Waals surface area contributed by atoms with E-state index < -0.39 is 17.9 Å². The minimum atomic E-state index is -0.711. The molecule has 0 aliphatic rings. The first-order valence-corrected chi connectivity index (χ1v) is 5.67. The van der Waals surface area contributed by atoms with Crippen molar-refractivity contribution in [2.45, 2.75) is 13.0 Å². The fourth-order valence-electron chi connectivity index (χ4n) is 1.22. The molecule has 0 radical (unpaired) electrons. The molecule has 1 rings (SSSR count). The summed E-state index contributed by atoms with van der Waals surface area (Å²) >= 11 is 5.86. The molecule has 0 saturated carbocycles. The van der Waals surface area contributed by atoms with Crippen molar-refractivity contribution in [1.82, 2.24) is 5.32 Å². The Morgan fingerprint density at radius 3 is 2.67 bits per heavy atom. The van der Waals surface area contributed by atoms with Crippen LogP contribution in [-0.4, -0.2) is 31.6 Å². The minimum absolute atomic E-state index is 0.217. The van der Waals surface area contributed by atoms with Crippen LogP contribution in [0.5, 0.6) is 5.75 Å². The van der Waals surface area contributed by atoms with Crippen LogP contribution in [-0.2, 0) is 14.3 Å². The van der Waals surface area contributed by atoms with Crippen molar-refractivity contribution in [3.63, 3.8) is 0 Å². The molecular weight excluding hydrogens is 258 g/mol. The molecule has 1 N–H and O–H groups in total. The molecule has 0 aliphatic heterocycles. The van der Waals surface area contributed by atoms with Crippen LogP contribution in [0.15, 0.2) is 24.3 Å². The molecule has 1 atom stereocenters. The van der Waals surface area contributed by atoms with Crippen molar-refractivity contribution in [2.75, 3.05) is 13.7 Å². The fraction of sp³-hybridized carbons (Fsp3) is 0.333. The van der Waals surface area contributed by atoms with E-state index in [9.17, 15) is 9.59 Å². The Bertz CT molecular complexity index is 436. The lowest BCUT2D eigenvalue weighted by Gasteiger charge is -2.12. The predicted octanol–water partition coefficient (Wildman–Crippen LogP) is 1.40. The molecule has 18 heavy (non-hydrogen) atoms. The third-order valence-corrected chi connectivity index (χ3v) is 2.44. The smallest absolute Gasteiger partial charge is 0.328 e. The topological polar surface area (TPSA) is 64.6 Å². The Hall–Kier alpha value is -1.75. The molecule has 0 fully saturated rings. The summed E-state index contributed by atoms with van der Waals surface area (Å²) in [6.45, 7) is 1.31. The maximum Gasteiger partial charge on any atom is 0.328 e. The number of hydrogen-bond donors (Lipinski definition) is 1. The number of nitrogens with one attached hydrogen (secondary N) is 1. The summed E-state index contributed by atoms with van der Waals surface area (Å²) < 4.78 is 9.70. The van der Waals surface area contributed by atoms with Crippen molar-refractivity contribution in [3.8, 4) is 5.75 Å². The highest BCUT2D eigenvalue weighted by molar-refractivity contribution is 6.32. The van der Waals surface area contributed by atoms with Gasteiger partial charge in [0.2, 0.25) is 0 Å². The molecule has 0 unspecified atom stereocenters. The molecule has 98 valence electrons. The van der Waals surface area contributed by atoms with E-state index in [1.807, 2.05) is 0 Å². The van der Waals surface area contributed by atoms with Gasteiger partial charge in [-0.3, -0.25) is 4.79 Å². The number of ether oxygens (including phenoxy) is 2. The number of rotatable bonds is 5. The first-order valence-electron chi connectivity index (χ1n) is 5.29. The van der Waals surface area contributed by atoms with Gasteiger partial charge in [0.05, 0.1) is 12.1 Å². The highest BCUT2D eigenvalue weighted by Gasteiger charge is 2.16. The zero-order valence-electron chi connectivity index (χ0n) is 10.1. The first-order chi connectivity index (χ1) is 8.54. The number of carbonyl (C=O) groups excluding carboxylic acids is 2. The van der Waals surface area contributed by atoms with Gasteiger partial charge in [0, 0.05) is 0 Å². The van der Waals surface area contributed by atoms with Gasteiger partial charge in [-0.15, -0.1) is 0 Å². The zero-order valence-corrected chi connectivity index (χ0v) is 10.9. The SMILES string of the molecule is COC(=O)[C@@H](C)NC(=O)COc1ccccc1Cl. The average Bonchev–Trinajstić information content (AvgIpc) is 2.36. The van der Waals surface area contributed by atoms with E-state index in [2.05, 4.69) is 10.1 Å². The summed E-state index contributed by atoms with van der Waals surface area (Å²) in [5, 5.41) is 2.86. The van der Waals surface area contributed by atoms with Gasteiger partial charge in [0.15, 0.2) is 6.61 Å². The standard InChI is InChI=1S/C12H14ClNO4/c1-8(12(16)17-2)14-11(15)7-18-10-6-4-3-5-9(10)13/h3-6,8H,7H2,1-2H3,(H,14,15)/t8-/m1/s1. The summed E-state index contributed by atoms with van der Waals surface area (Å²) in [6, 6.07) is 6.10. The van der Waals surface area contributed by atoms with E-state index in [-0.39, 0.29) is 6.61 Å². The van der Waals surface area contributed by atoms with E-state index in [0.29, 0.717) is 10.8 Å². The third-order valence-electron chi connectivity index (χ3n) is 2.13. The van der Waals surface area contributed by atoms with Crippen LogP contribution in [0.4, 0.5) is 0 Å². The van der Waals surface area contributed by atoms with Crippen molar-refractivity contribution in [2.24, 2.45) is 0 Å². The van der Waals surface area contributed by atoms with Gasteiger partial charge in [-0.2, -0.15) is 0 Å². The minimum Gasteiger partial charge on any atom is -0.482 e. The van der Waals surface area contributed by atoms with E-state index >= 15 is 0 Å².